The highest BCUT2D eigenvalue weighted by molar-refractivity contribution is 5.36. The molecule has 0 bridgehead atoms. The molecule has 106 valence electrons. The van der Waals surface area contributed by atoms with Crippen LogP contribution in [0.4, 0.5) is 0 Å². The molecule has 0 aromatic carbocycles. The van der Waals surface area contributed by atoms with Gasteiger partial charge in [0.1, 0.15) is 0 Å². The first kappa shape index (κ1) is 21.7. The number of aliphatic hydroxyl groups is 1. The molecule has 17 heavy (non-hydrogen) atoms. The molecule has 0 saturated carbocycles. The zero-order chi connectivity index (χ0) is 14.3. The van der Waals surface area contributed by atoms with Gasteiger partial charge in [0.15, 0.2) is 0 Å². The summed E-state index contributed by atoms with van der Waals surface area (Å²) in [6.45, 7) is 13.1. The molecule has 1 heterocycles. The van der Waals surface area contributed by atoms with E-state index in [1.165, 1.54) is 26.5 Å². The number of hydrogen-bond donors (Lipinski definition) is 2. The maximum Gasteiger partial charge on any atom is 0.292 e. The number of rotatable bonds is 1. The molecule has 4 nitrogen and oxygen atoms in total. The molecule has 1 saturated heterocycles. The van der Waals surface area contributed by atoms with Crippen molar-refractivity contribution in [1.82, 2.24) is 5.32 Å². The van der Waals surface area contributed by atoms with E-state index in [2.05, 4.69) is 17.0 Å². The average molecular weight is 249 g/mol. The molecule has 0 spiro atoms. The van der Waals surface area contributed by atoms with Crippen LogP contribution in [0.15, 0.2) is 0 Å². The van der Waals surface area contributed by atoms with Gasteiger partial charge >= 0.3 is 0 Å². The van der Waals surface area contributed by atoms with E-state index in [1.807, 2.05) is 13.8 Å². The van der Waals surface area contributed by atoms with E-state index in [0.29, 0.717) is 6.47 Å². The fourth-order valence-corrected chi connectivity index (χ4v) is 0.859. The lowest BCUT2D eigenvalue weighted by molar-refractivity contribution is -0.126. The first-order valence-electron chi connectivity index (χ1n) is 6.23. The summed E-state index contributed by atoms with van der Waals surface area (Å²) in [5.74, 6) is 0. The van der Waals surface area contributed by atoms with Crippen LogP contribution in [0.2, 0.25) is 0 Å². The summed E-state index contributed by atoms with van der Waals surface area (Å²) in [4.78, 5) is 8.95. The van der Waals surface area contributed by atoms with Gasteiger partial charge in [-0.05, 0) is 47.1 Å². The van der Waals surface area contributed by atoms with Gasteiger partial charge < -0.3 is 15.2 Å². The van der Waals surface area contributed by atoms with Crippen LogP contribution in [0.5, 0.6) is 0 Å². The molecule has 0 amide bonds. The van der Waals surface area contributed by atoms with Crippen molar-refractivity contribution in [2.45, 2.75) is 66.0 Å². The third-order valence-corrected chi connectivity index (χ3v) is 1.40. The van der Waals surface area contributed by atoms with Gasteiger partial charge in [-0.3, -0.25) is 4.79 Å². The van der Waals surface area contributed by atoms with Crippen LogP contribution in [-0.2, 0) is 9.53 Å². The van der Waals surface area contributed by atoms with E-state index in [9.17, 15) is 0 Å². The smallest absolute Gasteiger partial charge is 0.292 e. The SMILES string of the molecule is CC.CC(C)(C)O.CC1CCCN1.COC=O. The van der Waals surface area contributed by atoms with Gasteiger partial charge in [-0.25, -0.2) is 0 Å². The molecule has 1 fully saturated rings. The highest BCUT2D eigenvalue weighted by Crippen LogP contribution is 2.01. The minimum atomic E-state index is -0.500. The standard InChI is InChI=1S/C5H11N.C4H10O.C2H4O2.C2H6/c1-5-3-2-4-6-5;1-4(2,3)5;1-4-2-3;1-2/h5-6H,2-4H2,1H3;5H,1-3H3;2H,1H3;1-2H3. The minimum Gasteiger partial charge on any atom is -0.471 e. The number of ether oxygens (including phenoxy) is 1. The maximum absolute atomic E-state index is 8.95. The Morgan fingerprint density at radius 1 is 1.35 bits per heavy atom. The average Bonchev–Trinajstić information content (AvgIpc) is 2.70. The number of methoxy groups -OCH3 is 1. The lowest BCUT2D eigenvalue weighted by Crippen LogP contribution is -2.16. The Balaban J connectivity index is -0.000000165. The van der Waals surface area contributed by atoms with Gasteiger partial charge in [-0.15, -0.1) is 0 Å². The van der Waals surface area contributed by atoms with Crippen molar-refractivity contribution in [3.05, 3.63) is 0 Å². The van der Waals surface area contributed by atoms with Crippen molar-refractivity contribution in [2.75, 3.05) is 13.7 Å². The lowest BCUT2D eigenvalue weighted by Gasteiger charge is -2.04. The van der Waals surface area contributed by atoms with Gasteiger partial charge in [0.05, 0.1) is 12.7 Å². The molecule has 1 aliphatic heterocycles. The maximum atomic E-state index is 8.95. The summed E-state index contributed by atoms with van der Waals surface area (Å²) in [7, 11) is 1.31. The summed E-state index contributed by atoms with van der Waals surface area (Å²) in [6, 6.07) is 0.796. The summed E-state index contributed by atoms with van der Waals surface area (Å²) in [6.07, 6.45) is 2.75. The third kappa shape index (κ3) is 50.5. The zero-order valence-electron chi connectivity index (χ0n) is 12.5. The molecule has 2 N–H and O–H groups in total. The van der Waals surface area contributed by atoms with Crippen LogP contribution in [-0.4, -0.2) is 36.9 Å². The van der Waals surface area contributed by atoms with Crippen molar-refractivity contribution in [3.63, 3.8) is 0 Å². The summed E-state index contributed by atoms with van der Waals surface area (Å²) < 4.78 is 3.86. The Morgan fingerprint density at radius 2 is 1.71 bits per heavy atom. The van der Waals surface area contributed by atoms with E-state index in [1.54, 1.807) is 20.8 Å². The second-order valence-electron chi connectivity index (χ2n) is 4.50. The predicted octanol–water partition coefficient (Wildman–Crippen LogP) is 2.35. The largest absolute Gasteiger partial charge is 0.471 e. The van der Waals surface area contributed by atoms with Crippen molar-refractivity contribution in [1.29, 1.82) is 0 Å². The first-order valence-corrected chi connectivity index (χ1v) is 6.23. The molecule has 0 aliphatic carbocycles. The molecule has 0 aromatic heterocycles. The van der Waals surface area contributed by atoms with Crippen molar-refractivity contribution < 1.29 is 14.6 Å². The van der Waals surface area contributed by atoms with Crippen LogP contribution in [0.1, 0.15) is 54.4 Å². The van der Waals surface area contributed by atoms with Gasteiger partial charge in [0.25, 0.3) is 6.47 Å². The Bertz CT molecular complexity index is 132. The van der Waals surface area contributed by atoms with E-state index in [4.69, 9.17) is 9.90 Å². The normalized spacial score (nSPS) is 17.3. The fourth-order valence-electron chi connectivity index (χ4n) is 0.859. The van der Waals surface area contributed by atoms with Crippen LogP contribution in [0.3, 0.4) is 0 Å². The Labute approximate surface area is 107 Å². The number of carbonyl (C=O) groups is 1. The Morgan fingerprint density at radius 3 is 1.76 bits per heavy atom. The van der Waals surface area contributed by atoms with E-state index in [0.717, 1.165) is 6.04 Å². The van der Waals surface area contributed by atoms with E-state index >= 15 is 0 Å². The Hall–Kier alpha value is -0.610. The second kappa shape index (κ2) is 15.4. The summed E-state index contributed by atoms with van der Waals surface area (Å²) >= 11 is 0. The van der Waals surface area contributed by atoms with Crippen molar-refractivity contribution in [3.8, 4) is 0 Å². The van der Waals surface area contributed by atoms with Gasteiger partial charge in [0, 0.05) is 6.04 Å². The zero-order valence-corrected chi connectivity index (χ0v) is 12.5. The van der Waals surface area contributed by atoms with Crippen LogP contribution >= 0.6 is 0 Å². The van der Waals surface area contributed by atoms with Gasteiger partial charge in [-0.1, -0.05) is 13.8 Å². The number of nitrogens with one attached hydrogen (secondary N) is 1. The highest BCUT2D eigenvalue weighted by atomic mass is 16.5. The molecule has 1 rings (SSSR count). The fraction of sp³-hybridized carbons (Fsp3) is 0.923. The molecular formula is C13H31NO3. The first-order chi connectivity index (χ1) is 7.81. The summed E-state index contributed by atoms with van der Waals surface area (Å²) in [5, 5.41) is 11.8. The second-order valence-corrected chi connectivity index (χ2v) is 4.50. The van der Waals surface area contributed by atoms with Gasteiger partial charge in [0.2, 0.25) is 0 Å². The number of carbonyl (C=O) groups excluding carboxylic acids is 1. The molecule has 1 aliphatic rings. The molecule has 0 radical (unpaired) electrons. The van der Waals surface area contributed by atoms with Crippen molar-refractivity contribution in [2.24, 2.45) is 0 Å². The Kier molecular flexibility index (Phi) is 19.6. The van der Waals surface area contributed by atoms with E-state index < -0.39 is 5.60 Å². The van der Waals surface area contributed by atoms with E-state index in [-0.39, 0.29) is 0 Å². The summed E-state index contributed by atoms with van der Waals surface area (Å²) in [5.41, 5.74) is -0.500. The molecule has 0 aromatic rings. The van der Waals surface area contributed by atoms with Crippen molar-refractivity contribution >= 4 is 6.47 Å². The van der Waals surface area contributed by atoms with Gasteiger partial charge in [-0.2, -0.15) is 0 Å². The minimum absolute atomic E-state index is 0.375. The van der Waals surface area contributed by atoms with Crippen LogP contribution < -0.4 is 5.32 Å². The topological polar surface area (TPSA) is 58.6 Å². The quantitative estimate of drug-likeness (QED) is 0.700. The molecular weight excluding hydrogens is 218 g/mol. The lowest BCUT2D eigenvalue weighted by atomic mass is 10.2. The number of hydrogen-bond acceptors (Lipinski definition) is 4. The third-order valence-electron chi connectivity index (χ3n) is 1.40. The predicted molar refractivity (Wildman–Crippen MR) is 73.1 cm³/mol. The molecule has 1 atom stereocenters. The molecule has 1 unspecified atom stereocenters. The van der Waals surface area contributed by atoms with Crippen LogP contribution in [0.25, 0.3) is 0 Å². The van der Waals surface area contributed by atoms with Crippen LogP contribution in [0, 0.1) is 0 Å². The monoisotopic (exact) mass is 249 g/mol. The molecule has 4 heteroatoms. The highest BCUT2D eigenvalue weighted by Gasteiger charge is 2.05.